The summed E-state index contributed by atoms with van der Waals surface area (Å²) in [4.78, 5) is 0. The topological polar surface area (TPSA) is 46.2 Å². The third kappa shape index (κ3) is 4.03. The lowest BCUT2D eigenvalue weighted by molar-refractivity contribution is 0.521. The number of nitrogens with one attached hydrogen (secondary N) is 1. The van der Waals surface area contributed by atoms with E-state index in [1.807, 2.05) is 0 Å². The van der Waals surface area contributed by atoms with Gasteiger partial charge in [0.15, 0.2) is 9.84 Å². The van der Waals surface area contributed by atoms with Crippen LogP contribution in [0.15, 0.2) is 22.7 Å². The molecule has 0 unspecified atom stereocenters. The number of benzene rings is 1. The maximum atomic E-state index is 12.9. The molecule has 1 N–H and O–H groups in total. The Morgan fingerprint density at radius 1 is 1.39 bits per heavy atom. The van der Waals surface area contributed by atoms with Gasteiger partial charge in [-0.2, -0.15) is 0 Å². The Morgan fingerprint density at radius 2 is 2.00 bits per heavy atom. The fourth-order valence-electron chi connectivity index (χ4n) is 1.29. The molecule has 0 aliphatic heterocycles. The SMILES string of the molecule is CC(C)(CNCc1ccc(F)cc1Br)S(C)(=O)=O. The molecule has 0 saturated carbocycles. The first-order valence-corrected chi connectivity index (χ1v) is 8.16. The maximum absolute atomic E-state index is 12.9. The Kier molecular flexibility index (Phi) is 4.91. The van der Waals surface area contributed by atoms with E-state index in [2.05, 4.69) is 21.2 Å². The van der Waals surface area contributed by atoms with Crippen LogP contribution in [0, 0.1) is 5.82 Å². The second-order valence-electron chi connectivity index (χ2n) is 4.87. The first-order chi connectivity index (χ1) is 8.13. The monoisotopic (exact) mass is 337 g/mol. The highest BCUT2D eigenvalue weighted by atomic mass is 79.9. The molecule has 0 aromatic heterocycles. The predicted molar refractivity (Wildman–Crippen MR) is 74.7 cm³/mol. The largest absolute Gasteiger partial charge is 0.311 e. The number of hydrogen-bond donors (Lipinski definition) is 1. The summed E-state index contributed by atoms with van der Waals surface area (Å²) in [5.74, 6) is -0.304. The van der Waals surface area contributed by atoms with Gasteiger partial charge in [-0.05, 0) is 31.5 Å². The summed E-state index contributed by atoms with van der Waals surface area (Å²) < 4.78 is 35.8. The van der Waals surface area contributed by atoms with Gasteiger partial charge in [0.25, 0.3) is 0 Å². The molecule has 0 heterocycles. The zero-order valence-corrected chi connectivity index (χ0v) is 13.0. The van der Waals surface area contributed by atoms with E-state index >= 15 is 0 Å². The Balaban J connectivity index is 2.62. The van der Waals surface area contributed by atoms with E-state index in [4.69, 9.17) is 0 Å². The molecule has 1 aromatic carbocycles. The molecule has 1 aromatic rings. The van der Waals surface area contributed by atoms with Crippen LogP contribution in [0.4, 0.5) is 4.39 Å². The van der Waals surface area contributed by atoms with Crippen molar-refractivity contribution in [3.63, 3.8) is 0 Å². The highest BCUT2D eigenvalue weighted by molar-refractivity contribution is 9.10. The van der Waals surface area contributed by atoms with Gasteiger partial charge in [-0.1, -0.05) is 22.0 Å². The summed E-state index contributed by atoms with van der Waals surface area (Å²) in [6, 6.07) is 4.43. The van der Waals surface area contributed by atoms with Crippen LogP contribution >= 0.6 is 15.9 Å². The van der Waals surface area contributed by atoms with Gasteiger partial charge in [0.1, 0.15) is 5.82 Å². The van der Waals surface area contributed by atoms with E-state index in [1.54, 1.807) is 19.9 Å². The van der Waals surface area contributed by atoms with Crippen molar-refractivity contribution in [1.82, 2.24) is 5.32 Å². The highest BCUT2D eigenvalue weighted by Crippen LogP contribution is 2.18. The molecular formula is C12H17BrFNO2S. The normalized spacial score (nSPS) is 12.7. The van der Waals surface area contributed by atoms with Crippen LogP contribution in [0.5, 0.6) is 0 Å². The van der Waals surface area contributed by atoms with Crippen LogP contribution in [0.1, 0.15) is 19.4 Å². The zero-order valence-electron chi connectivity index (χ0n) is 10.6. The van der Waals surface area contributed by atoms with Crippen molar-refractivity contribution in [2.24, 2.45) is 0 Å². The van der Waals surface area contributed by atoms with Gasteiger partial charge in [-0.3, -0.25) is 0 Å². The Labute approximate surface area is 116 Å². The smallest absolute Gasteiger partial charge is 0.153 e. The zero-order chi connectivity index (χ0) is 14.0. The molecule has 102 valence electrons. The third-order valence-corrected chi connectivity index (χ3v) is 5.78. The van der Waals surface area contributed by atoms with Crippen molar-refractivity contribution < 1.29 is 12.8 Å². The minimum atomic E-state index is -3.11. The molecule has 0 atom stereocenters. The first-order valence-electron chi connectivity index (χ1n) is 5.48. The van der Waals surface area contributed by atoms with E-state index in [0.29, 0.717) is 17.6 Å². The van der Waals surface area contributed by atoms with Crippen molar-refractivity contribution in [3.05, 3.63) is 34.1 Å². The molecule has 18 heavy (non-hydrogen) atoms. The van der Waals surface area contributed by atoms with Crippen LogP contribution in [0.25, 0.3) is 0 Å². The van der Waals surface area contributed by atoms with Crippen LogP contribution < -0.4 is 5.32 Å². The molecular weight excluding hydrogens is 321 g/mol. The minimum Gasteiger partial charge on any atom is -0.311 e. The quantitative estimate of drug-likeness (QED) is 0.897. The van der Waals surface area contributed by atoms with Gasteiger partial charge < -0.3 is 5.32 Å². The van der Waals surface area contributed by atoms with Gasteiger partial charge in [0.05, 0.1) is 4.75 Å². The molecule has 0 radical (unpaired) electrons. The molecule has 0 saturated heterocycles. The summed E-state index contributed by atoms with van der Waals surface area (Å²) in [5.41, 5.74) is 0.890. The average Bonchev–Trinajstić information content (AvgIpc) is 2.19. The molecule has 0 spiro atoms. The van der Waals surface area contributed by atoms with Crippen molar-refractivity contribution in [2.45, 2.75) is 25.1 Å². The van der Waals surface area contributed by atoms with Crippen molar-refractivity contribution >= 4 is 25.8 Å². The lowest BCUT2D eigenvalue weighted by Crippen LogP contribution is -2.41. The first kappa shape index (κ1) is 15.6. The van der Waals surface area contributed by atoms with Gasteiger partial charge in [0.2, 0.25) is 0 Å². The Bertz CT molecular complexity index is 529. The molecule has 3 nitrogen and oxygen atoms in total. The third-order valence-electron chi connectivity index (χ3n) is 2.89. The second kappa shape index (κ2) is 5.67. The van der Waals surface area contributed by atoms with E-state index in [-0.39, 0.29) is 5.82 Å². The van der Waals surface area contributed by atoms with Gasteiger partial charge >= 0.3 is 0 Å². The molecule has 1 rings (SSSR count). The van der Waals surface area contributed by atoms with E-state index < -0.39 is 14.6 Å². The lowest BCUT2D eigenvalue weighted by Gasteiger charge is -2.23. The summed E-state index contributed by atoms with van der Waals surface area (Å²) in [6.07, 6.45) is 1.22. The number of sulfone groups is 1. The van der Waals surface area contributed by atoms with Crippen LogP contribution in [0.2, 0.25) is 0 Å². The van der Waals surface area contributed by atoms with Gasteiger partial charge in [0, 0.05) is 23.8 Å². The van der Waals surface area contributed by atoms with Crippen molar-refractivity contribution in [1.29, 1.82) is 0 Å². The molecule has 0 aliphatic rings. The molecule has 0 amide bonds. The van der Waals surface area contributed by atoms with E-state index in [0.717, 1.165) is 5.56 Å². The lowest BCUT2D eigenvalue weighted by atomic mass is 10.2. The summed E-state index contributed by atoms with van der Waals surface area (Å²) in [6.45, 7) is 4.18. The molecule has 0 fully saturated rings. The minimum absolute atomic E-state index is 0.304. The fraction of sp³-hybridized carbons (Fsp3) is 0.500. The number of halogens is 2. The fourth-order valence-corrected chi connectivity index (χ4v) is 2.15. The van der Waals surface area contributed by atoms with Gasteiger partial charge in [-0.25, -0.2) is 12.8 Å². The van der Waals surface area contributed by atoms with E-state index in [9.17, 15) is 12.8 Å². The van der Waals surface area contributed by atoms with Crippen LogP contribution in [0.3, 0.4) is 0 Å². The molecule has 0 aliphatic carbocycles. The van der Waals surface area contributed by atoms with Crippen LogP contribution in [-0.2, 0) is 16.4 Å². The highest BCUT2D eigenvalue weighted by Gasteiger charge is 2.29. The molecule has 6 heteroatoms. The van der Waals surface area contributed by atoms with Gasteiger partial charge in [-0.15, -0.1) is 0 Å². The summed E-state index contributed by atoms with van der Waals surface area (Å²) >= 11 is 3.27. The maximum Gasteiger partial charge on any atom is 0.153 e. The van der Waals surface area contributed by atoms with Crippen LogP contribution in [-0.4, -0.2) is 26.0 Å². The average molecular weight is 338 g/mol. The predicted octanol–water partition coefficient (Wildman–Crippen LogP) is 2.50. The summed E-state index contributed by atoms with van der Waals surface area (Å²) in [7, 11) is -3.11. The van der Waals surface area contributed by atoms with Crippen molar-refractivity contribution in [3.8, 4) is 0 Å². The Morgan fingerprint density at radius 3 is 2.50 bits per heavy atom. The van der Waals surface area contributed by atoms with E-state index in [1.165, 1.54) is 18.4 Å². The second-order valence-corrected chi connectivity index (χ2v) is 8.37. The Hall–Kier alpha value is -0.460. The molecule has 0 bridgehead atoms. The van der Waals surface area contributed by atoms with Crippen molar-refractivity contribution in [2.75, 3.05) is 12.8 Å². The number of rotatable bonds is 5. The number of hydrogen-bond acceptors (Lipinski definition) is 3. The standard InChI is InChI=1S/C12H17BrFNO2S/c1-12(2,18(3,16)17)8-15-7-9-4-5-10(14)6-11(9)13/h4-6,15H,7-8H2,1-3H3. The summed E-state index contributed by atoms with van der Waals surface area (Å²) in [5, 5.41) is 3.08.